The number of hydrogen-bond donors (Lipinski definition) is 1. The maximum absolute atomic E-state index is 11.6. The van der Waals surface area contributed by atoms with E-state index in [1.807, 2.05) is 23.5 Å². The van der Waals surface area contributed by atoms with Gasteiger partial charge in [0.2, 0.25) is 0 Å². The average molecular weight is 507 g/mol. The molecule has 196 valence electrons. The van der Waals surface area contributed by atoms with E-state index in [1.54, 1.807) is 0 Å². The standard InChI is InChI=1S/C31H54OS2/c1-10-11-12-18-31(33-19-13-20-34-31)29(32)28-16-14-27(15-17-28)21-30(9,25(7)23(4)5)26(8)24(6)22(2)3/h14-17,22-26,29,32H,10-13,18-21H2,1-9H3. The van der Waals surface area contributed by atoms with Gasteiger partial charge in [0.15, 0.2) is 0 Å². The van der Waals surface area contributed by atoms with Crippen LogP contribution in [0, 0.1) is 35.0 Å². The second-order valence-corrected chi connectivity index (χ2v) is 15.2. The van der Waals surface area contributed by atoms with E-state index in [1.165, 1.54) is 42.8 Å². The van der Waals surface area contributed by atoms with Crippen LogP contribution in [0.5, 0.6) is 0 Å². The Hall–Kier alpha value is -0.120. The van der Waals surface area contributed by atoms with Crippen LogP contribution in [0.2, 0.25) is 0 Å². The number of thioether (sulfide) groups is 2. The van der Waals surface area contributed by atoms with Gasteiger partial charge in [-0.2, -0.15) is 0 Å². The van der Waals surface area contributed by atoms with Gasteiger partial charge in [-0.05, 0) is 76.9 Å². The lowest BCUT2D eigenvalue weighted by Gasteiger charge is -2.47. The van der Waals surface area contributed by atoms with Crippen molar-refractivity contribution in [2.75, 3.05) is 11.5 Å². The van der Waals surface area contributed by atoms with Crippen molar-refractivity contribution in [1.82, 2.24) is 0 Å². The molecule has 1 aliphatic heterocycles. The first-order valence-electron chi connectivity index (χ1n) is 14.0. The van der Waals surface area contributed by atoms with Gasteiger partial charge in [0, 0.05) is 0 Å². The normalized spacial score (nSPS) is 21.8. The highest BCUT2D eigenvalue weighted by Gasteiger charge is 2.42. The minimum atomic E-state index is -0.394. The fourth-order valence-electron chi connectivity index (χ4n) is 5.84. The first-order valence-corrected chi connectivity index (χ1v) is 16.0. The van der Waals surface area contributed by atoms with Crippen molar-refractivity contribution in [2.24, 2.45) is 35.0 Å². The molecule has 34 heavy (non-hydrogen) atoms. The summed E-state index contributed by atoms with van der Waals surface area (Å²) in [6, 6.07) is 9.09. The molecule has 0 bridgehead atoms. The van der Waals surface area contributed by atoms with E-state index in [2.05, 4.69) is 86.6 Å². The molecule has 1 aliphatic rings. The molecule has 0 spiro atoms. The maximum Gasteiger partial charge on any atom is 0.103 e. The summed E-state index contributed by atoms with van der Waals surface area (Å²) < 4.78 is -0.0726. The molecule has 3 heteroatoms. The first-order chi connectivity index (χ1) is 16.0. The Morgan fingerprint density at radius 2 is 1.47 bits per heavy atom. The van der Waals surface area contributed by atoms with Crippen LogP contribution >= 0.6 is 23.5 Å². The van der Waals surface area contributed by atoms with Crippen molar-refractivity contribution in [1.29, 1.82) is 0 Å². The Labute approximate surface area is 221 Å². The summed E-state index contributed by atoms with van der Waals surface area (Å²) in [5.74, 6) is 5.68. The number of benzene rings is 1. The fraction of sp³-hybridized carbons (Fsp3) is 0.806. The van der Waals surface area contributed by atoms with Gasteiger partial charge in [0.25, 0.3) is 0 Å². The van der Waals surface area contributed by atoms with Gasteiger partial charge < -0.3 is 5.11 Å². The van der Waals surface area contributed by atoms with Crippen LogP contribution < -0.4 is 0 Å². The van der Waals surface area contributed by atoms with Crippen molar-refractivity contribution in [3.8, 4) is 0 Å². The summed E-state index contributed by atoms with van der Waals surface area (Å²) in [6.45, 7) is 21.7. The molecule has 0 saturated carbocycles. The third-order valence-corrected chi connectivity index (χ3v) is 12.9. The highest BCUT2D eigenvalue weighted by atomic mass is 32.2. The van der Waals surface area contributed by atoms with Crippen LogP contribution in [0.15, 0.2) is 24.3 Å². The SMILES string of the molecule is CCCCCC1(C(O)c2ccc(CC(C)(C(C)C(C)C)C(C)C(C)C(C)C)cc2)SCCCS1. The Balaban J connectivity index is 2.26. The third kappa shape index (κ3) is 7.22. The van der Waals surface area contributed by atoms with Crippen molar-refractivity contribution >= 4 is 23.5 Å². The summed E-state index contributed by atoms with van der Waals surface area (Å²) in [5, 5.41) is 11.6. The lowest BCUT2D eigenvalue weighted by atomic mass is 9.58. The van der Waals surface area contributed by atoms with E-state index in [-0.39, 0.29) is 9.49 Å². The molecule has 1 heterocycles. The van der Waals surface area contributed by atoms with E-state index in [4.69, 9.17) is 0 Å². The summed E-state index contributed by atoms with van der Waals surface area (Å²) in [6.07, 6.45) is 6.78. The van der Waals surface area contributed by atoms with Gasteiger partial charge in [-0.1, -0.05) is 106 Å². The number of aliphatic hydroxyl groups excluding tert-OH is 1. The van der Waals surface area contributed by atoms with Crippen LogP contribution in [-0.2, 0) is 6.42 Å². The second kappa shape index (κ2) is 13.4. The minimum absolute atomic E-state index is 0.0726. The zero-order chi connectivity index (χ0) is 25.5. The van der Waals surface area contributed by atoms with E-state index >= 15 is 0 Å². The predicted octanol–water partition coefficient (Wildman–Crippen LogP) is 9.64. The highest BCUT2D eigenvalue weighted by Crippen LogP contribution is 2.53. The van der Waals surface area contributed by atoms with Crippen molar-refractivity contribution in [3.05, 3.63) is 35.4 Å². The zero-order valence-corrected chi connectivity index (χ0v) is 25.3. The van der Waals surface area contributed by atoms with E-state index in [0.29, 0.717) is 29.6 Å². The molecule has 5 atom stereocenters. The molecule has 1 saturated heterocycles. The van der Waals surface area contributed by atoms with Gasteiger partial charge in [0.05, 0.1) is 4.08 Å². The van der Waals surface area contributed by atoms with Crippen LogP contribution in [0.25, 0.3) is 0 Å². The molecule has 0 aliphatic carbocycles. The second-order valence-electron chi connectivity index (χ2n) is 12.1. The van der Waals surface area contributed by atoms with Gasteiger partial charge in [-0.3, -0.25) is 0 Å². The van der Waals surface area contributed by atoms with Gasteiger partial charge in [-0.25, -0.2) is 0 Å². The molecular weight excluding hydrogens is 452 g/mol. The summed E-state index contributed by atoms with van der Waals surface area (Å²) in [7, 11) is 0. The van der Waals surface area contributed by atoms with Crippen LogP contribution in [0.3, 0.4) is 0 Å². The van der Waals surface area contributed by atoms with Gasteiger partial charge in [0.1, 0.15) is 6.10 Å². The van der Waals surface area contributed by atoms with Gasteiger partial charge >= 0.3 is 0 Å². The molecule has 1 nitrogen and oxygen atoms in total. The van der Waals surface area contributed by atoms with Crippen LogP contribution in [0.1, 0.15) is 112 Å². The number of aliphatic hydroxyl groups is 1. The number of hydrogen-bond acceptors (Lipinski definition) is 3. The van der Waals surface area contributed by atoms with Crippen LogP contribution in [-0.4, -0.2) is 20.7 Å². The lowest BCUT2D eigenvalue weighted by Crippen LogP contribution is -2.41. The molecule has 0 radical (unpaired) electrons. The predicted molar refractivity (Wildman–Crippen MR) is 157 cm³/mol. The molecule has 1 N–H and O–H groups in total. The maximum atomic E-state index is 11.6. The lowest BCUT2D eigenvalue weighted by molar-refractivity contribution is 0.0348. The monoisotopic (exact) mass is 506 g/mol. The van der Waals surface area contributed by atoms with Crippen LogP contribution in [0.4, 0.5) is 0 Å². The molecule has 2 rings (SSSR count). The number of unbranched alkanes of at least 4 members (excludes halogenated alkanes) is 2. The summed E-state index contributed by atoms with van der Waals surface area (Å²) in [5.41, 5.74) is 2.76. The fourth-order valence-corrected chi connectivity index (χ4v) is 9.29. The summed E-state index contributed by atoms with van der Waals surface area (Å²) >= 11 is 4.02. The minimum Gasteiger partial charge on any atom is -0.386 e. The number of rotatable bonds is 13. The smallest absolute Gasteiger partial charge is 0.103 e. The Morgan fingerprint density at radius 1 is 0.882 bits per heavy atom. The quantitative estimate of drug-likeness (QED) is 0.269. The third-order valence-electron chi connectivity index (χ3n) is 9.33. The zero-order valence-electron chi connectivity index (χ0n) is 23.7. The molecular formula is C31H54OS2. The largest absolute Gasteiger partial charge is 0.386 e. The van der Waals surface area contributed by atoms with E-state index in [0.717, 1.165) is 18.4 Å². The first kappa shape index (κ1) is 30.1. The average Bonchev–Trinajstić information content (AvgIpc) is 2.83. The Bertz CT molecular complexity index is 707. The molecule has 5 unspecified atom stereocenters. The topological polar surface area (TPSA) is 20.2 Å². The molecule has 1 aromatic carbocycles. The summed E-state index contributed by atoms with van der Waals surface area (Å²) in [4.78, 5) is 0. The van der Waals surface area contributed by atoms with Crippen molar-refractivity contribution in [2.45, 2.75) is 111 Å². The van der Waals surface area contributed by atoms with Crippen molar-refractivity contribution < 1.29 is 5.11 Å². The van der Waals surface area contributed by atoms with Crippen molar-refractivity contribution in [3.63, 3.8) is 0 Å². The highest BCUT2D eigenvalue weighted by molar-refractivity contribution is 8.18. The Kier molecular flexibility index (Phi) is 11.9. The molecule has 0 amide bonds. The molecule has 1 aromatic rings. The van der Waals surface area contributed by atoms with E-state index < -0.39 is 6.10 Å². The Morgan fingerprint density at radius 3 is 1.97 bits per heavy atom. The molecule has 0 aromatic heterocycles. The van der Waals surface area contributed by atoms with Gasteiger partial charge in [-0.15, -0.1) is 23.5 Å². The van der Waals surface area contributed by atoms with E-state index in [9.17, 15) is 5.11 Å². The molecule has 1 fully saturated rings.